The van der Waals surface area contributed by atoms with E-state index in [1.807, 2.05) is 37.3 Å². The lowest BCUT2D eigenvalue weighted by atomic mass is 9.95. The van der Waals surface area contributed by atoms with Crippen molar-refractivity contribution in [2.45, 2.75) is 26.0 Å². The largest absolute Gasteiger partial charge is 0.507 e. The van der Waals surface area contributed by atoms with E-state index in [0.717, 1.165) is 5.56 Å². The van der Waals surface area contributed by atoms with Gasteiger partial charge in [0.2, 0.25) is 0 Å². The van der Waals surface area contributed by atoms with Crippen molar-refractivity contribution in [2.24, 2.45) is 0 Å². The van der Waals surface area contributed by atoms with Gasteiger partial charge in [-0.3, -0.25) is 9.59 Å². The highest BCUT2D eigenvalue weighted by atomic mass is 16.3. The number of ketones is 1. The highest BCUT2D eigenvalue weighted by Crippen LogP contribution is 2.39. The molecule has 1 fully saturated rings. The summed E-state index contributed by atoms with van der Waals surface area (Å²) in [5.41, 5.74) is 2.26. The molecule has 5 heteroatoms. The number of aryl methyl sites for hydroxylation is 1. The molecule has 2 atom stereocenters. The molecule has 3 rings (SSSR count). The molecule has 1 amide bonds. The summed E-state index contributed by atoms with van der Waals surface area (Å²) in [4.78, 5) is 26.5. The van der Waals surface area contributed by atoms with E-state index in [1.54, 1.807) is 31.2 Å². The van der Waals surface area contributed by atoms with Crippen LogP contribution in [0, 0.1) is 6.92 Å². The van der Waals surface area contributed by atoms with Gasteiger partial charge in [0.25, 0.3) is 11.7 Å². The minimum Gasteiger partial charge on any atom is -0.507 e. The fourth-order valence-corrected chi connectivity index (χ4v) is 3.20. The third-order valence-electron chi connectivity index (χ3n) is 4.44. The monoisotopic (exact) mass is 351 g/mol. The van der Waals surface area contributed by atoms with Crippen molar-refractivity contribution in [1.29, 1.82) is 0 Å². The van der Waals surface area contributed by atoms with E-state index >= 15 is 0 Å². The molecule has 2 aromatic rings. The van der Waals surface area contributed by atoms with E-state index in [9.17, 15) is 19.8 Å². The molecule has 0 aromatic heterocycles. The SMILES string of the molecule is Cc1ccc(C(O)=C2C(=O)C(=O)N(CC(C)O)C2c2ccccc2)cc1. The number of hydrogen-bond donors (Lipinski definition) is 2. The Morgan fingerprint density at radius 3 is 2.27 bits per heavy atom. The van der Waals surface area contributed by atoms with Gasteiger partial charge in [0.1, 0.15) is 5.76 Å². The van der Waals surface area contributed by atoms with Crippen LogP contribution in [0.1, 0.15) is 29.7 Å². The molecule has 2 aromatic carbocycles. The average Bonchev–Trinajstić information content (AvgIpc) is 2.87. The molecule has 0 bridgehead atoms. The van der Waals surface area contributed by atoms with Crippen molar-refractivity contribution in [3.05, 3.63) is 76.9 Å². The summed E-state index contributed by atoms with van der Waals surface area (Å²) < 4.78 is 0. The molecule has 0 saturated carbocycles. The fraction of sp³-hybridized carbons (Fsp3) is 0.238. The highest BCUT2D eigenvalue weighted by Gasteiger charge is 2.46. The Labute approximate surface area is 152 Å². The lowest BCUT2D eigenvalue weighted by Gasteiger charge is -2.26. The van der Waals surface area contributed by atoms with Crippen molar-refractivity contribution in [2.75, 3.05) is 6.54 Å². The van der Waals surface area contributed by atoms with Crippen molar-refractivity contribution < 1.29 is 19.8 Å². The highest BCUT2D eigenvalue weighted by molar-refractivity contribution is 6.46. The number of nitrogens with zero attached hydrogens (tertiary/aromatic N) is 1. The van der Waals surface area contributed by atoms with Gasteiger partial charge in [-0.05, 0) is 19.4 Å². The topological polar surface area (TPSA) is 77.8 Å². The molecule has 0 radical (unpaired) electrons. The first-order valence-corrected chi connectivity index (χ1v) is 8.48. The third kappa shape index (κ3) is 3.26. The van der Waals surface area contributed by atoms with Gasteiger partial charge in [-0.15, -0.1) is 0 Å². The van der Waals surface area contributed by atoms with Crippen LogP contribution in [0.2, 0.25) is 0 Å². The number of aliphatic hydroxyl groups excluding tert-OH is 2. The van der Waals surface area contributed by atoms with E-state index in [2.05, 4.69) is 0 Å². The maximum Gasteiger partial charge on any atom is 0.295 e. The smallest absolute Gasteiger partial charge is 0.295 e. The van der Waals surface area contributed by atoms with Gasteiger partial charge in [0.05, 0.1) is 17.7 Å². The van der Waals surface area contributed by atoms with Crippen molar-refractivity contribution >= 4 is 17.4 Å². The van der Waals surface area contributed by atoms with Gasteiger partial charge in [-0.25, -0.2) is 0 Å². The number of carbonyl (C=O) groups is 2. The van der Waals surface area contributed by atoms with Crippen LogP contribution in [-0.4, -0.2) is 39.5 Å². The molecule has 134 valence electrons. The molecule has 26 heavy (non-hydrogen) atoms. The predicted molar refractivity (Wildman–Crippen MR) is 98.3 cm³/mol. The summed E-state index contributed by atoms with van der Waals surface area (Å²) in [6.45, 7) is 3.49. The minimum atomic E-state index is -0.793. The normalized spacial score (nSPS) is 20.4. The average molecular weight is 351 g/mol. The van der Waals surface area contributed by atoms with Gasteiger partial charge in [0, 0.05) is 12.1 Å². The summed E-state index contributed by atoms with van der Waals surface area (Å²) in [5.74, 6) is -1.66. The van der Waals surface area contributed by atoms with Crippen LogP contribution < -0.4 is 0 Å². The lowest BCUT2D eigenvalue weighted by molar-refractivity contribution is -0.140. The Bertz CT molecular complexity index is 853. The number of aliphatic hydroxyl groups is 2. The van der Waals surface area contributed by atoms with Crippen LogP contribution in [0.25, 0.3) is 5.76 Å². The first-order valence-electron chi connectivity index (χ1n) is 8.48. The van der Waals surface area contributed by atoms with Crippen LogP contribution >= 0.6 is 0 Å². The number of amides is 1. The lowest BCUT2D eigenvalue weighted by Crippen LogP contribution is -2.35. The van der Waals surface area contributed by atoms with Crippen LogP contribution in [0.3, 0.4) is 0 Å². The third-order valence-corrected chi connectivity index (χ3v) is 4.44. The first kappa shape index (κ1) is 17.9. The zero-order valence-corrected chi connectivity index (χ0v) is 14.7. The quantitative estimate of drug-likeness (QED) is 0.504. The Morgan fingerprint density at radius 2 is 1.69 bits per heavy atom. The van der Waals surface area contributed by atoms with Gasteiger partial charge >= 0.3 is 0 Å². The zero-order valence-electron chi connectivity index (χ0n) is 14.7. The van der Waals surface area contributed by atoms with Crippen molar-refractivity contribution in [1.82, 2.24) is 4.90 Å². The molecule has 1 saturated heterocycles. The Balaban J connectivity index is 2.17. The number of benzene rings is 2. The van der Waals surface area contributed by atoms with E-state index in [4.69, 9.17) is 0 Å². The van der Waals surface area contributed by atoms with Crippen molar-refractivity contribution in [3.8, 4) is 0 Å². The zero-order chi connectivity index (χ0) is 18.8. The minimum absolute atomic E-state index is 0.00874. The van der Waals surface area contributed by atoms with Gasteiger partial charge < -0.3 is 15.1 Å². The van der Waals surface area contributed by atoms with Crippen LogP contribution in [0.15, 0.2) is 60.2 Å². The van der Waals surface area contributed by atoms with Gasteiger partial charge in [-0.1, -0.05) is 60.2 Å². The van der Waals surface area contributed by atoms with Crippen LogP contribution in [0.5, 0.6) is 0 Å². The van der Waals surface area contributed by atoms with Crippen molar-refractivity contribution in [3.63, 3.8) is 0 Å². The summed E-state index contributed by atoms with van der Waals surface area (Å²) in [5, 5.41) is 20.6. The second-order valence-corrected chi connectivity index (χ2v) is 6.58. The van der Waals surface area contributed by atoms with E-state index in [1.165, 1.54) is 4.90 Å². The molecule has 2 unspecified atom stereocenters. The molecular formula is C21H21NO4. The molecule has 1 aliphatic rings. The maximum atomic E-state index is 12.7. The molecule has 2 N–H and O–H groups in total. The van der Waals surface area contributed by atoms with E-state index in [-0.39, 0.29) is 17.9 Å². The van der Waals surface area contributed by atoms with E-state index < -0.39 is 23.8 Å². The summed E-state index contributed by atoms with van der Waals surface area (Å²) in [7, 11) is 0. The Morgan fingerprint density at radius 1 is 1.08 bits per heavy atom. The van der Waals surface area contributed by atoms with Crippen LogP contribution in [-0.2, 0) is 9.59 Å². The number of rotatable bonds is 4. The predicted octanol–water partition coefficient (Wildman–Crippen LogP) is 2.80. The Kier molecular flexibility index (Phi) is 4.91. The second-order valence-electron chi connectivity index (χ2n) is 6.58. The van der Waals surface area contributed by atoms with E-state index in [0.29, 0.717) is 11.1 Å². The first-order chi connectivity index (χ1) is 12.4. The molecule has 0 aliphatic carbocycles. The fourth-order valence-electron chi connectivity index (χ4n) is 3.20. The molecule has 0 spiro atoms. The Hall–Kier alpha value is -2.92. The van der Waals surface area contributed by atoms with Gasteiger partial charge in [0.15, 0.2) is 0 Å². The number of hydrogen-bond acceptors (Lipinski definition) is 4. The summed E-state index contributed by atoms with van der Waals surface area (Å²) in [6.07, 6.45) is -0.793. The summed E-state index contributed by atoms with van der Waals surface area (Å²) >= 11 is 0. The molecule has 1 heterocycles. The standard InChI is InChI=1S/C21H21NO4/c1-13-8-10-16(11-9-13)19(24)17-18(15-6-4-3-5-7-15)22(12-14(2)23)21(26)20(17)25/h3-11,14,18,23-24H,12H2,1-2H3. The van der Waals surface area contributed by atoms with Crippen LogP contribution in [0.4, 0.5) is 0 Å². The van der Waals surface area contributed by atoms with Gasteiger partial charge in [-0.2, -0.15) is 0 Å². The number of Topliss-reactive ketones (excluding diaryl/α,β-unsaturated/α-hetero) is 1. The number of likely N-dealkylation sites (tertiary alicyclic amines) is 1. The molecule has 1 aliphatic heterocycles. The molecule has 5 nitrogen and oxygen atoms in total. The second kappa shape index (κ2) is 7.14. The molecular weight excluding hydrogens is 330 g/mol. The number of carbonyl (C=O) groups excluding carboxylic acids is 2. The maximum absolute atomic E-state index is 12.7. The number of β-amino-alcohol motifs (C(OH)–C–C–N with tert-alkyl or cyclic N) is 1. The summed E-state index contributed by atoms with van der Waals surface area (Å²) in [6, 6.07) is 15.4.